The Morgan fingerprint density at radius 3 is 2.53 bits per heavy atom. The van der Waals surface area contributed by atoms with Gasteiger partial charge < -0.3 is 9.13 Å². The van der Waals surface area contributed by atoms with E-state index in [9.17, 15) is 9.59 Å². The van der Waals surface area contributed by atoms with Gasteiger partial charge in [-0.25, -0.2) is 0 Å². The number of halogens is 1. The van der Waals surface area contributed by atoms with Crippen LogP contribution in [0.4, 0.5) is 0 Å². The maximum atomic E-state index is 11.5. The molecule has 5 heteroatoms. The molecule has 0 N–H and O–H groups in total. The normalized spacial score (nSPS) is 10.5. The maximum absolute atomic E-state index is 11.5. The molecular formula is C10H15BrN2O2. The third kappa shape index (κ3) is 3.34. The van der Waals surface area contributed by atoms with Crippen molar-refractivity contribution in [3.8, 4) is 0 Å². The summed E-state index contributed by atoms with van der Waals surface area (Å²) < 4.78 is 2.79. The molecule has 1 heterocycles. The van der Waals surface area contributed by atoms with E-state index >= 15 is 0 Å². The fourth-order valence-corrected chi connectivity index (χ4v) is 1.72. The zero-order chi connectivity index (χ0) is 11.3. The molecule has 0 atom stereocenters. The Kier molecular flexibility index (Phi) is 4.81. The molecule has 0 saturated heterocycles. The molecule has 0 bridgehead atoms. The summed E-state index contributed by atoms with van der Waals surface area (Å²) in [5.74, 6) is 0. The molecule has 0 amide bonds. The lowest BCUT2D eigenvalue weighted by Gasteiger charge is -2.05. The van der Waals surface area contributed by atoms with E-state index < -0.39 is 11.1 Å². The molecule has 4 nitrogen and oxygen atoms in total. The molecule has 84 valence electrons. The van der Waals surface area contributed by atoms with E-state index in [4.69, 9.17) is 0 Å². The minimum Gasteiger partial charge on any atom is -0.312 e. The zero-order valence-electron chi connectivity index (χ0n) is 8.78. The number of hydrogen-bond acceptors (Lipinski definition) is 2. The lowest BCUT2D eigenvalue weighted by Crippen LogP contribution is -2.39. The van der Waals surface area contributed by atoms with Crippen molar-refractivity contribution in [3.63, 3.8) is 0 Å². The summed E-state index contributed by atoms with van der Waals surface area (Å²) in [6.45, 7) is 0.627. The molecular weight excluding hydrogens is 260 g/mol. The van der Waals surface area contributed by atoms with Crippen molar-refractivity contribution in [1.29, 1.82) is 0 Å². The van der Waals surface area contributed by atoms with Crippen LogP contribution in [0.25, 0.3) is 0 Å². The molecule has 1 rings (SSSR count). The van der Waals surface area contributed by atoms with Crippen LogP contribution in [0.2, 0.25) is 0 Å². The molecule has 0 spiro atoms. The van der Waals surface area contributed by atoms with Crippen molar-refractivity contribution >= 4 is 15.9 Å². The van der Waals surface area contributed by atoms with Gasteiger partial charge in [0.25, 0.3) is 0 Å². The van der Waals surface area contributed by atoms with E-state index in [1.165, 1.54) is 9.13 Å². The maximum Gasteiger partial charge on any atom is 0.316 e. The highest BCUT2D eigenvalue weighted by Gasteiger charge is 2.01. The van der Waals surface area contributed by atoms with E-state index in [0.29, 0.717) is 6.54 Å². The topological polar surface area (TPSA) is 44.0 Å². The second-order valence-electron chi connectivity index (χ2n) is 3.46. The van der Waals surface area contributed by atoms with Gasteiger partial charge in [-0.2, -0.15) is 0 Å². The van der Waals surface area contributed by atoms with Crippen LogP contribution in [-0.4, -0.2) is 14.5 Å². The first-order chi connectivity index (χ1) is 7.16. The molecule has 0 aliphatic heterocycles. The van der Waals surface area contributed by atoms with Gasteiger partial charge in [0.15, 0.2) is 0 Å². The van der Waals surface area contributed by atoms with Crippen LogP contribution >= 0.6 is 15.9 Å². The standard InChI is InChI=1S/C10H15BrN2O2/c1-12-7-8-13(10(15)9(12)14)6-4-2-3-5-11/h7-8H,2-6H2,1H3. The quantitative estimate of drug-likeness (QED) is 0.459. The average molecular weight is 275 g/mol. The summed E-state index contributed by atoms with van der Waals surface area (Å²) in [7, 11) is 1.58. The summed E-state index contributed by atoms with van der Waals surface area (Å²) in [6, 6.07) is 0. The van der Waals surface area contributed by atoms with Gasteiger partial charge in [-0.1, -0.05) is 22.4 Å². The van der Waals surface area contributed by atoms with Crippen LogP contribution < -0.4 is 11.1 Å². The Morgan fingerprint density at radius 1 is 1.13 bits per heavy atom. The van der Waals surface area contributed by atoms with Gasteiger partial charge in [0, 0.05) is 31.3 Å². The Hall–Kier alpha value is -0.840. The molecule has 1 aromatic heterocycles. The number of unbranched alkanes of at least 4 members (excludes halogenated alkanes) is 2. The first-order valence-electron chi connectivity index (χ1n) is 4.99. The molecule has 0 unspecified atom stereocenters. The highest BCUT2D eigenvalue weighted by atomic mass is 79.9. The summed E-state index contributed by atoms with van der Waals surface area (Å²) in [5, 5.41) is 0.985. The minimum absolute atomic E-state index is 0.432. The fourth-order valence-electron chi connectivity index (χ4n) is 1.32. The summed E-state index contributed by atoms with van der Waals surface area (Å²) in [4.78, 5) is 22.8. The first-order valence-corrected chi connectivity index (χ1v) is 6.11. The van der Waals surface area contributed by atoms with Gasteiger partial charge in [0.2, 0.25) is 0 Å². The highest BCUT2D eigenvalue weighted by molar-refractivity contribution is 9.09. The monoisotopic (exact) mass is 274 g/mol. The van der Waals surface area contributed by atoms with Crippen molar-refractivity contribution in [2.24, 2.45) is 7.05 Å². The number of aromatic nitrogens is 2. The molecule has 15 heavy (non-hydrogen) atoms. The van der Waals surface area contributed by atoms with Crippen molar-refractivity contribution < 1.29 is 0 Å². The van der Waals surface area contributed by atoms with E-state index in [2.05, 4.69) is 15.9 Å². The van der Waals surface area contributed by atoms with E-state index in [1.54, 1.807) is 19.4 Å². The third-order valence-corrected chi connectivity index (χ3v) is 2.83. The number of alkyl halides is 1. The van der Waals surface area contributed by atoms with Crippen LogP contribution in [0, 0.1) is 0 Å². The van der Waals surface area contributed by atoms with E-state index in [0.717, 1.165) is 24.6 Å². The minimum atomic E-state index is -0.460. The molecule has 0 saturated carbocycles. The van der Waals surface area contributed by atoms with Gasteiger partial charge >= 0.3 is 11.1 Å². The Balaban J connectivity index is 2.67. The van der Waals surface area contributed by atoms with Gasteiger partial charge in [-0.05, 0) is 12.8 Å². The predicted molar refractivity (Wildman–Crippen MR) is 63.6 cm³/mol. The van der Waals surface area contributed by atoms with Crippen molar-refractivity contribution in [3.05, 3.63) is 33.1 Å². The first kappa shape index (κ1) is 12.2. The largest absolute Gasteiger partial charge is 0.316 e. The average Bonchev–Trinajstić information content (AvgIpc) is 2.24. The lowest BCUT2D eigenvalue weighted by molar-refractivity contribution is 0.574. The highest BCUT2D eigenvalue weighted by Crippen LogP contribution is 1.99. The SMILES string of the molecule is Cn1ccn(CCCCCBr)c(=O)c1=O. The van der Waals surface area contributed by atoms with E-state index in [-0.39, 0.29) is 0 Å². The predicted octanol–water partition coefficient (Wildman–Crippen LogP) is 1.11. The Bertz CT molecular complexity index is 422. The lowest BCUT2D eigenvalue weighted by atomic mass is 10.2. The van der Waals surface area contributed by atoms with Gasteiger partial charge in [-0.3, -0.25) is 9.59 Å². The molecule has 0 aromatic carbocycles. The third-order valence-electron chi connectivity index (χ3n) is 2.27. The number of aryl methyl sites for hydroxylation is 2. The van der Waals surface area contributed by atoms with Crippen molar-refractivity contribution in [2.75, 3.05) is 5.33 Å². The number of nitrogens with zero attached hydrogens (tertiary/aromatic N) is 2. The van der Waals surface area contributed by atoms with Crippen LogP contribution in [0.5, 0.6) is 0 Å². The van der Waals surface area contributed by atoms with Gasteiger partial charge in [-0.15, -0.1) is 0 Å². The van der Waals surface area contributed by atoms with Crippen molar-refractivity contribution in [2.45, 2.75) is 25.8 Å². The molecule has 0 aliphatic rings. The summed E-state index contributed by atoms with van der Waals surface area (Å²) in [5.41, 5.74) is -0.892. The van der Waals surface area contributed by atoms with Gasteiger partial charge in [0.05, 0.1) is 0 Å². The van der Waals surface area contributed by atoms with Crippen LogP contribution in [-0.2, 0) is 13.6 Å². The molecule has 0 aliphatic carbocycles. The van der Waals surface area contributed by atoms with Crippen molar-refractivity contribution in [1.82, 2.24) is 9.13 Å². The Morgan fingerprint density at radius 2 is 1.87 bits per heavy atom. The number of rotatable bonds is 5. The summed E-state index contributed by atoms with van der Waals surface area (Å²) in [6.07, 6.45) is 6.37. The second kappa shape index (κ2) is 5.90. The second-order valence-corrected chi connectivity index (χ2v) is 4.26. The smallest absolute Gasteiger partial charge is 0.312 e. The van der Waals surface area contributed by atoms with Gasteiger partial charge in [0.1, 0.15) is 0 Å². The van der Waals surface area contributed by atoms with Crippen LogP contribution in [0.3, 0.4) is 0 Å². The molecule has 0 radical (unpaired) electrons. The van der Waals surface area contributed by atoms with Crippen LogP contribution in [0.1, 0.15) is 19.3 Å². The zero-order valence-corrected chi connectivity index (χ0v) is 10.4. The molecule has 1 aromatic rings. The Labute approximate surface area is 96.7 Å². The number of hydrogen-bond donors (Lipinski definition) is 0. The fraction of sp³-hybridized carbons (Fsp3) is 0.600. The molecule has 0 fully saturated rings. The van der Waals surface area contributed by atoms with E-state index in [1.807, 2.05) is 0 Å². The summed E-state index contributed by atoms with van der Waals surface area (Å²) >= 11 is 3.35. The van der Waals surface area contributed by atoms with Crippen LogP contribution in [0.15, 0.2) is 22.0 Å².